The Labute approximate surface area is 112 Å². The molecule has 0 saturated heterocycles. The van der Waals surface area contributed by atoms with Crippen LogP contribution in [0.5, 0.6) is 0 Å². The monoisotopic (exact) mass is 270 g/mol. The van der Waals surface area contributed by atoms with Gasteiger partial charge in [0.15, 0.2) is 0 Å². The molecule has 0 heterocycles. The number of nitrogens with one attached hydrogen (secondary N) is 1. The molecule has 5 heteroatoms. The molecule has 0 spiro atoms. The highest BCUT2D eigenvalue weighted by atomic mass is 19.1. The zero-order chi connectivity index (χ0) is 14.6. The Morgan fingerprint density at radius 1 is 1.26 bits per heavy atom. The van der Waals surface area contributed by atoms with Crippen molar-refractivity contribution in [2.45, 2.75) is 32.7 Å². The number of carbonyl (C=O) groups is 1. The normalized spacial score (nSPS) is 10.7. The summed E-state index contributed by atoms with van der Waals surface area (Å²) in [7, 11) is 3.08. The average Bonchev–Trinajstić information content (AvgIpc) is 2.38. The minimum Gasteiger partial charge on any atom is -0.383 e. The van der Waals surface area contributed by atoms with Crippen molar-refractivity contribution in [1.29, 1.82) is 0 Å². The summed E-state index contributed by atoms with van der Waals surface area (Å²) < 4.78 is 27.3. The fourth-order valence-corrected chi connectivity index (χ4v) is 2.14. The third-order valence-electron chi connectivity index (χ3n) is 3.35. The smallest absolute Gasteiger partial charge is 0.254 e. The zero-order valence-corrected chi connectivity index (χ0v) is 11.8. The molecule has 0 radical (unpaired) electrons. The lowest BCUT2D eigenvalue weighted by atomic mass is 10.1. The lowest BCUT2D eigenvalue weighted by molar-refractivity contribution is 0.0722. The lowest BCUT2D eigenvalue weighted by Crippen LogP contribution is -2.36. The van der Waals surface area contributed by atoms with Crippen LogP contribution in [-0.4, -0.2) is 30.9 Å². The molecule has 1 aromatic rings. The Morgan fingerprint density at radius 2 is 1.74 bits per heavy atom. The Bertz CT molecular complexity index is 436. The van der Waals surface area contributed by atoms with Crippen LogP contribution < -0.4 is 5.32 Å². The molecular formula is C14H20F2N2O. The molecule has 0 aliphatic heterocycles. The van der Waals surface area contributed by atoms with Crippen LogP contribution in [0.2, 0.25) is 0 Å². The first-order chi connectivity index (χ1) is 8.96. The number of amides is 1. The lowest BCUT2D eigenvalue weighted by Gasteiger charge is -2.26. The first-order valence-corrected chi connectivity index (χ1v) is 6.40. The van der Waals surface area contributed by atoms with E-state index in [1.165, 1.54) is 11.9 Å². The highest BCUT2D eigenvalue weighted by Crippen LogP contribution is 2.21. The van der Waals surface area contributed by atoms with Gasteiger partial charge in [-0.15, -0.1) is 0 Å². The molecule has 0 unspecified atom stereocenters. The second kappa shape index (κ2) is 6.50. The van der Waals surface area contributed by atoms with E-state index in [-0.39, 0.29) is 23.2 Å². The number of rotatable bonds is 5. The Morgan fingerprint density at radius 3 is 2.11 bits per heavy atom. The van der Waals surface area contributed by atoms with Crippen LogP contribution in [0.3, 0.4) is 0 Å². The van der Waals surface area contributed by atoms with Gasteiger partial charge in [0.2, 0.25) is 0 Å². The van der Waals surface area contributed by atoms with Crippen molar-refractivity contribution in [3.05, 3.63) is 29.3 Å². The summed E-state index contributed by atoms with van der Waals surface area (Å²) in [6.45, 7) is 3.95. The number of anilines is 1. The first-order valence-electron chi connectivity index (χ1n) is 6.40. The fourth-order valence-electron chi connectivity index (χ4n) is 2.14. The van der Waals surface area contributed by atoms with Crippen molar-refractivity contribution in [2.24, 2.45) is 0 Å². The predicted octanol–water partition coefficient (Wildman–Crippen LogP) is 3.27. The Kier molecular flexibility index (Phi) is 5.27. The van der Waals surface area contributed by atoms with Crippen molar-refractivity contribution >= 4 is 11.6 Å². The van der Waals surface area contributed by atoms with Crippen molar-refractivity contribution in [3.63, 3.8) is 0 Å². The fraction of sp³-hybridized carbons (Fsp3) is 0.500. The predicted molar refractivity (Wildman–Crippen MR) is 72.4 cm³/mol. The number of benzene rings is 1. The molecule has 106 valence electrons. The summed E-state index contributed by atoms with van der Waals surface area (Å²) in [6.07, 6.45) is 1.61. The van der Waals surface area contributed by atoms with E-state index >= 15 is 0 Å². The van der Waals surface area contributed by atoms with Gasteiger partial charge in [0.1, 0.15) is 17.3 Å². The zero-order valence-electron chi connectivity index (χ0n) is 11.8. The number of halogens is 2. The van der Waals surface area contributed by atoms with Crippen LogP contribution in [0.4, 0.5) is 14.5 Å². The second-order valence-corrected chi connectivity index (χ2v) is 4.45. The topological polar surface area (TPSA) is 32.3 Å². The average molecular weight is 270 g/mol. The van der Waals surface area contributed by atoms with Gasteiger partial charge in [-0.3, -0.25) is 4.79 Å². The maximum atomic E-state index is 13.6. The summed E-state index contributed by atoms with van der Waals surface area (Å²) >= 11 is 0. The summed E-state index contributed by atoms with van der Waals surface area (Å²) in [5.41, 5.74) is -0.190. The molecule has 0 bridgehead atoms. The molecule has 1 N–H and O–H groups in total. The quantitative estimate of drug-likeness (QED) is 0.890. The van der Waals surface area contributed by atoms with E-state index in [1.54, 1.807) is 7.05 Å². The van der Waals surface area contributed by atoms with Crippen LogP contribution in [0.1, 0.15) is 37.0 Å². The number of nitrogens with zero attached hydrogens (tertiary/aromatic N) is 1. The summed E-state index contributed by atoms with van der Waals surface area (Å²) in [5.74, 6) is -1.89. The minimum absolute atomic E-state index is 0.0309. The first kappa shape index (κ1) is 15.4. The molecule has 3 nitrogen and oxygen atoms in total. The molecule has 0 aliphatic carbocycles. The third kappa shape index (κ3) is 3.22. The highest BCUT2D eigenvalue weighted by Gasteiger charge is 2.21. The second-order valence-electron chi connectivity index (χ2n) is 4.45. The molecule has 1 amide bonds. The van der Waals surface area contributed by atoms with Gasteiger partial charge in [-0.2, -0.15) is 0 Å². The van der Waals surface area contributed by atoms with E-state index in [0.717, 1.165) is 25.0 Å². The van der Waals surface area contributed by atoms with Crippen LogP contribution in [0.15, 0.2) is 12.1 Å². The van der Waals surface area contributed by atoms with E-state index in [4.69, 9.17) is 0 Å². The molecule has 1 rings (SSSR count). The minimum atomic E-state index is -0.760. The SMILES string of the molecule is CCC(CC)N(C)C(=O)c1cc(F)c(NC)c(F)c1. The molecule has 0 fully saturated rings. The molecule has 0 saturated carbocycles. The van der Waals surface area contributed by atoms with Gasteiger partial charge in [0.25, 0.3) is 5.91 Å². The Hall–Kier alpha value is -1.65. The maximum Gasteiger partial charge on any atom is 0.254 e. The molecule has 0 atom stereocenters. The largest absolute Gasteiger partial charge is 0.383 e. The van der Waals surface area contributed by atoms with Gasteiger partial charge in [-0.05, 0) is 25.0 Å². The number of hydrogen-bond acceptors (Lipinski definition) is 2. The van der Waals surface area contributed by atoms with Crippen LogP contribution in [0, 0.1) is 11.6 Å². The van der Waals surface area contributed by atoms with E-state index in [2.05, 4.69) is 5.32 Å². The van der Waals surface area contributed by atoms with Gasteiger partial charge in [0, 0.05) is 25.7 Å². The van der Waals surface area contributed by atoms with Crippen LogP contribution in [0.25, 0.3) is 0 Å². The van der Waals surface area contributed by atoms with E-state index in [1.807, 2.05) is 13.8 Å². The molecular weight excluding hydrogens is 250 g/mol. The molecule has 0 aliphatic rings. The van der Waals surface area contributed by atoms with Gasteiger partial charge >= 0.3 is 0 Å². The van der Waals surface area contributed by atoms with Crippen molar-refractivity contribution in [3.8, 4) is 0 Å². The summed E-state index contributed by atoms with van der Waals surface area (Å²) in [4.78, 5) is 13.7. The van der Waals surface area contributed by atoms with Crippen molar-refractivity contribution in [2.75, 3.05) is 19.4 Å². The van der Waals surface area contributed by atoms with Gasteiger partial charge in [-0.1, -0.05) is 13.8 Å². The van der Waals surface area contributed by atoms with Gasteiger partial charge in [-0.25, -0.2) is 8.78 Å². The standard InChI is InChI=1S/C14H20F2N2O/c1-5-10(6-2)18(4)14(19)9-7-11(15)13(17-3)12(16)8-9/h7-8,10,17H,5-6H2,1-4H3. The van der Waals surface area contributed by atoms with E-state index in [9.17, 15) is 13.6 Å². The maximum absolute atomic E-state index is 13.6. The van der Waals surface area contributed by atoms with Crippen LogP contribution >= 0.6 is 0 Å². The van der Waals surface area contributed by atoms with E-state index < -0.39 is 11.6 Å². The number of carbonyl (C=O) groups excluding carboxylic acids is 1. The molecule has 0 aromatic heterocycles. The van der Waals surface area contributed by atoms with Crippen LogP contribution in [-0.2, 0) is 0 Å². The molecule has 1 aromatic carbocycles. The summed E-state index contributed by atoms with van der Waals surface area (Å²) in [6, 6.07) is 2.20. The van der Waals surface area contributed by atoms with Crippen molar-refractivity contribution < 1.29 is 13.6 Å². The van der Waals surface area contributed by atoms with Gasteiger partial charge in [0.05, 0.1) is 0 Å². The Balaban J connectivity index is 3.07. The summed E-state index contributed by atoms with van der Waals surface area (Å²) in [5, 5.41) is 2.43. The highest BCUT2D eigenvalue weighted by molar-refractivity contribution is 5.94. The third-order valence-corrected chi connectivity index (χ3v) is 3.35. The van der Waals surface area contributed by atoms with E-state index in [0.29, 0.717) is 0 Å². The molecule has 19 heavy (non-hydrogen) atoms. The van der Waals surface area contributed by atoms with Gasteiger partial charge < -0.3 is 10.2 Å². The number of hydrogen-bond donors (Lipinski definition) is 1. The van der Waals surface area contributed by atoms with Crippen molar-refractivity contribution in [1.82, 2.24) is 4.90 Å².